The highest BCUT2D eigenvalue weighted by Gasteiger charge is 2.39. The molecule has 0 radical (unpaired) electrons. The van der Waals surface area contributed by atoms with Crippen LogP contribution in [0.3, 0.4) is 0 Å². The van der Waals surface area contributed by atoms with Gasteiger partial charge in [0.1, 0.15) is 19.1 Å². The van der Waals surface area contributed by atoms with Crippen LogP contribution in [0.4, 0.5) is 5.69 Å². The first-order valence-electron chi connectivity index (χ1n) is 10.5. The van der Waals surface area contributed by atoms with Crippen LogP contribution in [-0.4, -0.2) is 43.0 Å². The van der Waals surface area contributed by atoms with Gasteiger partial charge in [0.05, 0.1) is 0 Å². The Morgan fingerprint density at radius 3 is 2.70 bits per heavy atom. The number of benzene rings is 2. The molecule has 0 saturated carbocycles. The summed E-state index contributed by atoms with van der Waals surface area (Å²) in [5, 5.41) is 0. The number of rotatable bonds is 5. The van der Waals surface area contributed by atoms with E-state index in [9.17, 15) is 9.59 Å². The topological polar surface area (TPSA) is 59.1 Å². The van der Waals surface area contributed by atoms with Crippen molar-refractivity contribution in [1.29, 1.82) is 0 Å². The van der Waals surface area contributed by atoms with Crippen molar-refractivity contribution < 1.29 is 19.1 Å². The maximum atomic E-state index is 13.3. The predicted octanol–water partition coefficient (Wildman–Crippen LogP) is 3.48. The number of anilines is 1. The summed E-state index contributed by atoms with van der Waals surface area (Å²) >= 11 is 0. The number of aryl methyl sites for hydroxylation is 2. The van der Waals surface area contributed by atoms with Gasteiger partial charge in [0.25, 0.3) is 0 Å². The van der Waals surface area contributed by atoms with Crippen LogP contribution < -0.4 is 14.4 Å². The maximum Gasteiger partial charge on any atom is 0.239 e. The molecule has 2 aliphatic rings. The molecule has 2 aromatic carbocycles. The summed E-state index contributed by atoms with van der Waals surface area (Å²) in [6, 6.07) is 11.7. The standard InChI is InChI=1S/C24H28N2O4/c1-4-25(15-18-6-5-7-21-22(18)30-13-12-29-21)23(27)20-10-11-26(24(20)28)19-9-8-16(2)17(3)14-19/h5-9,14,20H,4,10-13,15H2,1-3H3. The molecule has 1 saturated heterocycles. The van der Waals surface area contributed by atoms with Crippen LogP contribution in [-0.2, 0) is 16.1 Å². The van der Waals surface area contributed by atoms with Crippen molar-refractivity contribution in [1.82, 2.24) is 4.90 Å². The SMILES string of the molecule is CCN(Cc1cccc2c1OCCO2)C(=O)C1CCN(c2ccc(C)c(C)c2)C1=O. The molecule has 4 rings (SSSR count). The molecule has 158 valence electrons. The number of hydrogen-bond donors (Lipinski definition) is 0. The fourth-order valence-electron chi connectivity index (χ4n) is 4.09. The monoisotopic (exact) mass is 408 g/mol. The molecule has 0 bridgehead atoms. The lowest BCUT2D eigenvalue weighted by Crippen LogP contribution is -2.40. The van der Waals surface area contributed by atoms with Crippen molar-refractivity contribution >= 4 is 17.5 Å². The fraction of sp³-hybridized carbons (Fsp3) is 0.417. The minimum atomic E-state index is -0.636. The van der Waals surface area contributed by atoms with Gasteiger partial charge in [-0.2, -0.15) is 0 Å². The molecule has 1 fully saturated rings. The number of amides is 2. The Morgan fingerprint density at radius 1 is 1.13 bits per heavy atom. The van der Waals surface area contributed by atoms with E-state index in [1.165, 1.54) is 5.56 Å². The molecule has 2 aromatic rings. The lowest BCUT2D eigenvalue weighted by atomic mass is 10.1. The van der Waals surface area contributed by atoms with Gasteiger partial charge in [-0.15, -0.1) is 0 Å². The first-order chi connectivity index (χ1) is 14.5. The summed E-state index contributed by atoms with van der Waals surface area (Å²) < 4.78 is 11.4. The van der Waals surface area contributed by atoms with E-state index in [-0.39, 0.29) is 11.8 Å². The molecular formula is C24H28N2O4. The van der Waals surface area contributed by atoms with Crippen LogP contribution in [0.5, 0.6) is 11.5 Å². The Balaban J connectivity index is 1.50. The number of hydrogen-bond acceptors (Lipinski definition) is 4. The first-order valence-corrected chi connectivity index (χ1v) is 10.5. The molecule has 2 aliphatic heterocycles. The van der Waals surface area contributed by atoms with Crippen LogP contribution in [0.2, 0.25) is 0 Å². The zero-order valence-electron chi connectivity index (χ0n) is 17.8. The minimum Gasteiger partial charge on any atom is -0.486 e. The summed E-state index contributed by atoms with van der Waals surface area (Å²) in [6.07, 6.45) is 0.535. The average Bonchev–Trinajstić information content (AvgIpc) is 3.15. The van der Waals surface area contributed by atoms with E-state index in [4.69, 9.17) is 9.47 Å². The van der Waals surface area contributed by atoms with Crippen molar-refractivity contribution in [2.45, 2.75) is 33.7 Å². The third kappa shape index (κ3) is 3.74. The van der Waals surface area contributed by atoms with Crippen LogP contribution >= 0.6 is 0 Å². The number of ether oxygens (including phenoxy) is 2. The third-order valence-electron chi connectivity index (χ3n) is 6.01. The third-order valence-corrected chi connectivity index (χ3v) is 6.01. The quantitative estimate of drug-likeness (QED) is 0.711. The molecule has 6 heteroatoms. The van der Waals surface area contributed by atoms with Crippen molar-refractivity contribution in [3.05, 3.63) is 53.1 Å². The second-order valence-corrected chi connectivity index (χ2v) is 7.89. The zero-order chi connectivity index (χ0) is 21.3. The molecule has 0 spiro atoms. The second kappa shape index (κ2) is 8.38. The summed E-state index contributed by atoms with van der Waals surface area (Å²) in [6.45, 7) is 8.53. The molecule has 30 heavy (non-hydrogen) atoms. The molecule has 1 atom stereocenters. The Bertz CT molecular complexity index is 972. The van der Waals surface area contributed by atoms with Crippen LogP contribution in [0.1, 0.15) is 30.0 Å². The summed E-state index contributed by atoms with van der Waals surface area (Å²) in [4.78, 5) is 29.8. The van der Waals surface area contributed by atoms with Gasteiger partial charge >= 0.3 is 0 Å². The molecular weight excluding hydrogens is 380 g/mol. The Labute approximate surface area is 177 Å². The van der Waals surface area contributed by atoms with E-state index < -0.39 is 5.92 Å². The van der Waals surface area contributed by atoms with Crippen LogP contribution in [0, 0.1) is 19.8 Å². The van der Waals surface area contributed by atoms with Gasteiger partial charge in [-0.05, 0) is 56.5 Å². The van der Waals surface area contributed by atoms with Gasteiger partial charge in [0.15, 0.2) is 11.5 Å². The molecule has 2 heterocycles. The average molecular weight is 408 g/mol. The Hall–Kier alpha value is -3.02. The number of carbonyl (C=O) groups is 2. The largest absolute Gasteiger partial charge is 0.486 e. The molecule has 6 nitrogen and oxygen atoms in total. The number of carbonyl (C=O) groups excluding carboxylic acids is 2. The highest BCUT2D eigenvalue weighted by atomic mass is 16.6. The van der Waals surface area contributed by atoms with Gasteiger partial charge in [0, 0.05) is 30.9 Å². The summed E-state index contributed by atoms with van der Waals surface area (Å²) in [5.41, 5.74) is 4.09. The Morgan fingerprint density at radius 2 is 1.93 bits per heavy atom. The van der Waals surface area contributed by atoms with Gasteiger partial charge in [-0.25, -0.2) is 0 Å². The lowest BCUT2D eigenvalue weighted by molar-refractivity contribution is -0.140. The lowest BCUT2D eigenvalue weighted by Gasteiger charge is -2.27. The second-order valence-electron chi connectivity index (χ2n) is 7.89. The predicted molar refractivity (Wildman–Crippen MR) is 115 cm³/mol. The van der Waals surface area contributed by atoms with Gasteiger partial charge in [-0.3, -0.25) is 9.59 Å². The highest BCUT2D eigenvalue weighted by molar-refractivity contribution is 6.09. The maximum absolute atomic E-state index is 13.3. The summed E-state index contributed by atoms with van der Waals surface area (Å²) in [7, 11) is 0. The van der Waals surface area contributed by atoms with Crippen LogP contribution in [0.15, 0.2) is 36.4 Å². The molecule has 0 aromatic heterocycles. The van der Waals surface area contributed by atoms with E-state index >= 15 is 0 Å². The van der Waals surface area contributed by atoms with E-state index in [0.29, 0.717) is 50.8 Å². The van der Waals surface area contributed by atoms with Crippen molar-refractivity contribution in [2.75, 3.05) is 31.2 Å². The van der Waals surface area contributed by atoms with Crippen molar-refractivity contribution in [3.8, 4) is 11.5 Å². The van der Waals surface area contributed by atoms with E-state index in [1.807, 2.05) is 57.2 Å². The Kier molecular flexibility index (Phi) is 5.66. The first kappa shape index (κ1) is 20.3. The van der Waals surface area contributed by atoms with Crippen LogP contribution in [0.25, 0.3) is 0 Å². The van der Waals surface area contributed by atoms with E-state index in [2.05, 4.69) is 0 Å². The van der Waals surface area contributed by atoms with Gasteiger partial charge in [0.2, 0.25) is 11.8 Å². The number of para-hydroxylation sites is 1. The van der Waals surface area contributed by atoms with Crippen molar-refractivity contribution in [3.63, 3.8) is 0 Å². The van der Waals surface area contributed by atoms with E-state index in [0.717, 1.165) is 16.8 Å². The number of fused-ring (bicyclic) bond motifs is 1. The molecule has 0 aliphatic carbocycles. The smallest absolute Gasteiger partial charge is 0.239 e. The minimum absolute atomic E-state index is 0.114. The normalized spacial score (nSPS) is 17.9. The van der Waals surface area contributed by atoms with Crippen molar-refractivity contribution in [2.24, 2.45) is 5.92 Å². The molecule has 2 amide bonds. The van der Waals surface area contributed by atoms with Gasteiger partial charge in [-0.1, -0.05) is 18.2 Å². The number of nitrogens with zero attached hydrogens (tertiary/aromatic N) is 2. The summed E-state index contributed by atoms with van der Waals surface area (Å²) in [5.74, 6) is 0.535. The van der Waals surface area contributed by atoms with Gasteiger partial charge < -0.3 is 19.3 Å². The fourth-order valence-corrected chi connectivity index (χ4v) is 4.09. The van der Waals surface area contributed by atoms with E-state index in [1.54, 1.807) is 9.80 Å². The highest BCUT2D eigenvalue weighted by Crippen LogP contribution is 2.35. The molecule has 0 N–H and O–H groups in total. The molecule has 1 unspecified atom stereocenters. The zero-order valence-corrected chi connectivity index (χ0v) is 17.8.